The topological polar surface area (TPSA) is 105 Å². The summed E-state index contributed by atoms with van der Waals surface area (Å²) in [7, 11) is 0. The minimum absolute atomic E-state index is 0.0425. The second-order valence-electron chi connectivity index (χ2n) is 13.2. The maximum atomic E-state index is 14.1. The number of nitrogens with zero attached hydrogens (tertiary/aromatic N) is 4. The van der Waals surface area contributed by atoms with E-state index < -0.39 is 11.5 Å². The molecule has 3 heterocycles. The van der Waals surface area contributed by atoms with E-state index in [1.807, 2.05) is 42.5 Å². The van der Waals surface area contributed by atoms with Crippen LogP contribution in [0.5, 0.6) is 0 Å². The fourth-order valence-electron chi connectivity index (χ4n) is 7.15. The Kier molecular flexibility index (Phi) is 9.07. The fourth-order valence-corrected chi connectivity index (χ4v) is 7.68. The van der Waals surface area contributed by atoms with Gasteiger partial charge in [0.15, 0.2) is 5.78 Å². The van der Waals surface area contributed by atoms with Crippen molar-refractivity contribution in [3.8, 4) is 0 Å². The number of benzene rings is 3. The van der Waals surface area contributed by atoms with Gasteiger partial charge in [0.05, 0.1) is 39.9 Å². The van der Waals surface area contributed by atoms with E-state index in [-0.39, 0.29) is 43.1 Å². The first-order valence-electron chi connectivity index (χ1n) is 16.5. The molecule has 1 saturated heterocycles. The molecule has 1 amide bonds. The van der Waals surface area contributed by atoms with Crippen molar-refractivity contribution in [3.63, 3.8) is 0 Å². The van der Waals surface area contributed by atoms with Crippen molar-refractivity contribution in [2.45, 2.75) is 63.5 Å². The third kappa shape index (κ3) is 6.62. The minimum atomic E-state index is -1.19. The Morgan fingerprint density at radius 2 is 1.67 bits per heavy atom. The average Bonchev–Trinajstić information content (AvgIpc) is 3.09. The first-order valence-corrected chi connectivity index (χ1v) is 17.3. The zero-order valence-electron chi connectivity index (χ0n) is 26.5. The molecule has 246 valence electrons. The number of aromatic nitrogens is 3. The molecule has 1 aliphatic carbocycles. The third-order valence-corrected chi connectivity index (χ3v) is 10.5. The molecule has 10 heteroatoms. The van der Waals surface area contributed by atoms with Crippen molar-refractivity contribution in [2.24, 2.45) is 5.92 Å². The van der Waals surface area contributed by atoms with E-state index in [0.29, 0.717) is 46.5 Å². The van der Waals surface area contributed by atoms with Crippen molar-refractivity contribution < 1.29 is 14.7 Å². The highest BCUT2D eigenvalue weighted by Crippen LogP contribution is 2.34. The molecule has 48 heavy (non-hydrogen) atoms. The number of rotatable bonds is 8. The third-order valence-electron chi connectivity index (χ3n) is 9.88. The average molecular weight is 684 g/mol. The molecule has 0 radical (unpaired) electrons. The van der Waals surface area contributed by atoms with Crippen molar-refractivity contribution in [1.82, 2.24) is 19.4 Å². The predicted molar refractivity (Wildman–Crippen MR) is 188 cm³/mol. The van der Waals surface area contributed by atoms with Crippen molar-refractivity contribution >= 4 is 56.7 Å². The van der Waals surface area contributed by atoms with E-state index in [1.54, 1.807) is 29.2 Å². The largest absolute Gasteiger partial charge is 0.388 e. The van der Waals surface area contributed by atoms with Gasteiger partial charge in [-0.2, -0.15) is 0 Å². The van der Waals surface area contributed by atoms with E-state index in [0.717, 1.165) is 52.9 Å². The monoisotopic (exact) mass is 682 g/mol. The number of ketones is 1. The van der Waals surface area contributed by atoms with Gasteiger partial charge in [-0.15, -0.1) is 0 Å². The number of fused-ring (bicyclic) bond motifs is 3. The summed E-state index contributed by atoms with van der Waals surface area (Å²) >= 11 is 12.8. The van der Waals surface area contributed by atoms with Crippen molar-refractivity contribution in [3.05, 3.63) is 116 Å². The van der Waals surface area contributed by atoms with Crippen LogP contribution in [-0.4, -0.2) is 54.9 Å². The molecule has 1 atom stereocenters. The summed E-state index contributed by atoms with van der Waals surface area (Å²) in [4.78, 5) is 52.0. The van der Waals surface area contributed by atoms with Crippen LogP contribution in [0.4, 0.5) is 0 Å². The summed E-state index contributed by atoms with van der Waals surface area (Å²) < 4.78 is 1.42. The molecule has 1 fully saturated rings. The van der Waals surface area contributed by atoms with E-state index in [2.05, 4.69) is 4.98 Å². The van der Waals surface area contributed by atoms with Gasteiger partial charge in [0, 0.05) is 47.1 Å². The first kappa shape index (κ1) is 32.4. The summed E-state index contributed by atoms with van der Waals surface area (Å²) in [6.45, 7) is 0.682. The first-order chi connectivity index (χ1) is 23.2. The maximum Gasteiger partial charge on any atom is 0.261 e. The molecule has 1 N–H and O–H groups in total. The highest BCUT2D eigenvalue weighted by Gasteiger charge is 2.37. The zero-order valence-corrected chi connectivity index (χ0v) is 28.0. The summed E-state index contributed by atoms with van der Waals surface area (Å²) in [6.07, 6.45) is 6.45. The molecule has 5 aromatic rings. The standard InChI is InChI=1S/C38H36Cl2N4O4/c39-27-11-13-30-32(21-27)41-23-44(37(30)47)22-38(48)14-16-43(17-15-38)36(46)26(18-24-6-2-1-3-7-24)20-34(45)25-10-12-29-33(19-25)42-31-9-5-4-8-28(31)35(29)40/h1-3,6-7,10-13,19,21,23,26,48H,4-5,8-9,14-18,20,22H2/t26-/m1/s1. The van der Waals surface area contributed by atoms with Crippen LogP contribution < -0.4 is 5.56 Å². The molecule has 0 bridgehead atoms. The van der Waals surface area contributed by atoms with Gasteiger partial charge in [0.1, 0.15) is 0 Å². The van der Waals surface area contributed by atoms with E-state index in [9.17, 15) is 19.5 Å². The number of carbonyl (C=O) groups is 2. The quantitative estimate of drug-likeness (QED) is 0.185. The second kappa shape index (κ2) is 13.4. The molecule has 3 aromatic carbocycles. The van der Waals surface area contributed by atoms with Gasteiger partial charge in [-0.05, 0) is 80.3 Å². The SMILES string of the molecule is O=C(C[C@@H](Cc1ccccc1)C(=O)N1CCC(O)(Cn2cnc3cc(Cl)ccc3c2=O)CC1)c1ccc2c(Cl)c3c(nc2c1)CCCC3. The summed E-state index contributed by atoms with van der Waals surface area (Å²) in [5.74, 6) is -0.826. The lowest BCUT2D eigenvalue weighted by atomic mass is 9.87. The highest BCUT2D eigenvalue weighted by molar-refractivity contribution is 6.36. The molecule has 7 rings (SSSR count). The number of amides is 1. The molecule has 0 saturated carbocycles. The van der Waals surface area contributed by atoms with Crippen LogP contribution >= 0.6 is 23.2 Å². The lowest BCUT2D eigenvalue weighted by molar-refractivity contribution is -0.140. The molecule has 2 aliphatic rings. The van der Waals surface area contributed by atoms with E-state index in [4.69, 9.17) is 28.2 Å². The summed E-state index contributed by atoms with van der Waals surface area (Å²) in [5.41, 5.74) is 3.37. The fraction of sp³-hybridized carbons (Fsp3) is 0.342. The Labute approximate surface area is 288 Å². The molecule has 8 nitrogen and oxygen atoms in total. The molecule has 0 unspecified atom stereocenters. The van der Waals surface area contributed by atoms with Gasteiger partial charge in [0.2, 0.25) is 5.91 Å². The van der Waals surface area contributed by atoms with Gasteiger partial charge in [-0.3, -0.25) is 23.9 Å². The number of carbonyl (C=O) groups excluding carboxylic acids is 2. The van der Waals surface area contributed by atoms with Gasteiger partial charge >= 0.3 is 0 Å². The number of likely N-dealkylation sites (tertiary alicyclic amines) is 1. The van der Waals surface area contributed by atoms with Crippen LogP contribution in [0.25, 0.3) is 21.8 Å². The van der Waals surface area contributed by atoms with Gasteiger partial charge in [-0.25, -0.2) is 4.98 Å². The number of aliphatic hydroxyl groups is 1. The molecule has 2 aromatic heterocycles. The minimum Gasteiger partial charge on any atom is -0.388 e. The molecular formula is C38H36Cl2N4O4. The Morgan fingerprint density at radius 1 is 0.917 bits per heavy atom. The van der Waals surface area contributed by atoms with Crippen LogP contribution in [0.3, 0.4) is 0 Å². The molecular weight excluding hydrogens is 647 g/mol. The Balaban J connectivity index is 1.08. The molecule has 0 spiro atoms. The number of pyridine rings is 1. The summed E-state index contributed by atoms with van der Waals surface area (Å²) in [5, 5.41) is 14.0. The second-order valence-corrected chi connectivity index (χ2v) is 14.0. The van der Waals surface area contributed by atoms with Crippen LogP contribution in [0, 0.1) is 5.92 Å². The maximum absolute atomic E-state index is 14.1. The van der Waals surface area contributed by atoms with E-state index >= 15 is 0 Å². The lowest BCUT2D eigenvalue weighted by Crippen LogP contribution is -2.51. The number of hydrogen-bond acceptors (Lipinski definition) is 6. The summed E-state index contributed by atoms with van der Waals surface area (Å²) in [6, 6.07) is 20.1. The lowest BCUT2D eigenvalue weighted by Gasteiger charge is -2.39. The van der Waals surface area contributed by atoms with Gasteiger partial charge in [0.25, 0.3) is 5.56 Å². The number of halogens is 2. The van der Waals surface area contributed by atoms with Crippen LogP contribution in [0.2, 0.25) is 10.0 Å². The van der Waals surface area contributed by atoms with Crippen molar-refractivity contribution in [2.75, 3.05) is 13.1 Å². The highest BCUT2D eigenvalue weighted by atomic mass is 35.5. The number of hydrogen-bond donors (Lipinski definition) is 1. The van der Waals surface area contributed by atoms with Crippen LogP contribution in [0.15, 0.2) is 77.9 Å². The Hall–Kier alpha value is -4.11. The zero-order chi connectivity index (χ0) is 33.4. The number of piperidine rings is 1. The number of Topliss-reactive ketones (excluding diaryl/α,β-unsaturated/α-hetero) is 1. The normalized spacial score (nSPS) is 16.5. The Morgan fingerprint density at radius 3 is 2.46 bits per heavy atom. The molecule has 1 aliphatic heterocycles. The number of aryl methyl sites for hydroxylation is 1. The van der Waals surface area contributed by atoms with Gasteiger partial charge in [-0.1, -0.05) is 65.7 Å². The van der Waals surface area contributed by atoms with Crippen LogP contribution in [0.1, 0.15) is 59.3 Å². The van der Waals surface area contributed by atoms with E-state index in [1.165, 1.54) is 10.9 Å². The predicted octanol–water partition coefficient (Wildman–Crippen LogP) is 6.62. The van der Waals surface area contributed by atoms with Crippen molar-refractivity contribution in [1.29, 1.82) is 0 Å². The Bertz CT molecular complexity index is 2090. The van der Waals surface area contributed by atoms with Gasteiger partial charge < -0.3 is 10.0 Å². The van der Waals surface area contributed by atoms with Crippen LogP contribution in [-0.2, 0) is 30.6 Å². The smallest absolute Gasteiger partial charge is 0.261 e.